The maximum Gasteiger partial charge on any atom is 0.410 e. The van der Waals surface area contributed by atoms with Crippen LogP contribution in [0, 0.1) is 5.41 Å². The van der Waals surface area contributed by atoms with Crippen LogP contribution >= 0.6 is 0 Å². The number of fused-ring (bicyclic) bond motifs is 1. The van der Waals surface area contributed by atoms with Crippen molar-refractivity contribution in [3.8, 4) is 0 Å². The van der Waals surface area contributed by atoms with Crippen molar-refractivity contribution in [3.63, 3.8) is 0 Å². The molecule has 1 aliphatic heterocycles. The summed E-state index contributed by atoms with van der Waals surface area (Å²) >= 11 is 0. The minimum Gasteiger partial charge on any atom is -0.444 e. The molecule has 2 heterocycles. The van der Waals surface area contributed by atoms with E-state index in [0.717, 1.165) is 23.7 Å². The second kappa shape index (κ2) is 7.90. The van der Waals surface area contributed by atoms with Crippen molar-refractivity contribution >= 4 is 22.8 Å². The summed E-state index contributed by atoms with van der Waals surface area (Å²) in [5.74, 6) is 0.101. The minimum absolute atomic E-state index is 0.101. The Hall–Kier alpha value is -2.43. The second-order valence-electron chi connectivity index (χ2n) is 8.72. The molecule has 0 saturated carbocycles. The first kappa shape index (κ1) is 20.3. The summed E-state index contributed by atoms with van der Waals surface area (Å²) in [6, 6.07) is 11.6. The van der Waals surface area contributed by atoms with Crippen LogP contribution in [0.3, 0.4) is 0 Å². The number of hydrogen-bond donors (Lipinski definition) is 0. The number of Topliss-reactive ketones (excluding diaryl/α,β-unsaturated/α-hetero) is 1. The number of aromatic nitrogens is 1. The number of benzene rings is 1. The van der Waals surface area contributed by atoms with Gasteiger partial charge in [0.2, 0.25) is 0 Å². The van der Waals surface area contributed by atoms with Crippen LogP contribution in [0.4, 0.5) is 4.79 Å². The number of hydrogen-bond acceptors (Lipinski definition) is 4. The van der Waals surface area contributed by atoms with Crippen LogP contribution in [0.5, 0.6) is 0 Å². The number of pyridine rings is 1. The summed E-state index contributed by atoms with van der Waals surface area (Å²) in [5.41, 5.74) is 0.395. The first-order valence-corrected chi connectivity index (χ1v) is 10.1. The zero-order chi connectivity index (χ0) is 20.4. The molecule has 5 heteroatoms. The van der Waals surface area contributed by atoms with Gasteiger partial charge in [0.05, 0.1) is 5.52 Å². The van der Waals surface area contributed by atoms with Gasteiger partial charge in [0, 0.05) is 23.9 Å². The summed E-state index contributed by atoms with van der Waals surface area (Å²) in [7, 11) is 0. The number of nitrogens with zero attached hydrogens (tertiary/aromatic N) is 2. The van der Waals surface area contributed by atoms with Gasteiger partial charge in [-0.15, -0.1) is 0 Å². The number of carbonyl (C=O) groups excluding carboxylic acids is 2. The van der Waals surface area contributed by atoms with Gasteiger partial charge in [0.1, 0.15) is 11.3 Å². The van der Waals surface area contributed by atoms with Crippen LogP contribution in [0.1, 0.15) is 63.9 Å². The average Bonchev–Trinajstić information content (AvgIpc) is 2.66. The second-order valence-corrected chi connectivity index (χ2v) is 8.72. The molecule has 0 N–H and O–H groups in total. The molecule has 0 radical (unpaired) electrons. The summed E-state index contributed by atoms with van der Waals surface area (Å²) in [6.45, 7) is 8.77. The van der Waals surface area contributed by atoms with Gasteiger partial charge in [-0.25, -0.2) is 9.78 Å². The third kappa shape index (κ3) is 4.34. The highest BCUT2D eigenvalue weighted by molar-refractivity contribution is 6.00. The highest BCUT2D eigenvalue weighted by Crippen LogP contribution is 2.39. The molecule has 0 bridgehead atoms. The molecule has 1 saturated heterocycles. The van der Waals surface area contributed by atoms with E-state index in [9.17, 15) is 9.59 Å². The first-order valence-electron chi connectivity index (χ1n) is 10.1. The SMILES string of the molecule is CCCC1(C(=O)c2ccc3ccccc3n2)CCN(C(=O)OC(C)(C)C)CC1. The summed E-state index contributed by atoms with van der Waals surface area (Å²) in [4.78, 5) is 32.2. The molecule has 0 aliphatic carbocycles. The van der Waals surface area contributed by atoms with Gasteiger partial charge in [0.15, 0.2) is 5.78 Å². The van der Waals surface area contributed by atoms with E-state index in [1.54, 1.807) is 4.90 Å². The van der Waals surface area contributed by atoms with Crippen molar-refractivity contribution in [1.82, 2.24) is 9.88 Å². The highest BCUT2D eigenvalue weighted by Gasteiger charge is 2.42. The Bertz CT molecular complexity index is 862. The van der Waals surface area contributed by atoms with Crippen molar-refractivity contribution in [1.29, 1.82) is 0 Å². The lowest BCUT2D eigenvalue weighted by atomic mass is 9.70. The molecule has 5 nitrogen and oxygen atoms in total. The van der Waals surface area contributed by atoms with Crippen molar-refractivity contribution < 1.29 is 14.3 Å². The lowest BCUT2D eigenvalue weighted by molar-refractivity contribution is 0.00936. The van der Waals surface area contributed by atoms with Gasteiger partial charge in [-0.05, 0) is 52.2 Å². The van der Waals surface area contributed by atoms with Crippen molar-refractivity contribution in [3.05, 3.63) is 42.1 Å². The topological polar surface area (TPSA) is 59.5 Å². The van der Waals surface area contributed by atoms with E-state index in [0.29, 0.717) is 31.6 Å². The number of para-hydroxylation sites is 1. The van der Waals surface area contributed by atoms with Crippen LogP contribution in [-0.4, -0.2) is 40.5 Å². The van der Waals surface area contributed by atoms with Gasteiger partial charge >= 0.3 is 6.09 Å². The number of amides is 1. The lowest BCUT2D eigenvalue weighted by Gasteiger charge is -2.40. The lowest BCUT2D eigenvalue weighted by Crippen LogP contribution is -2.48. The van der Waals surface area contributed by atoms with E-state index in [4.69, 9.17) is 4.74 Å². The maximum absolute atomic E-state index is 13.5. The van der Waals surface area contributed by atoms with Crippen LogP contribution in [0.15, 0.2) is 36.4 Å². The fourth-order valence-electron chi connectivity index (χ4n) is 3.98. The molecule has 2 aromatic rings. The summed E-state index contributed by atoms with van der Waals surface area (Å²) in [5, 5.41) is 1.03. The third-order valence-corrected chi connectivity index (χ3v) is 5.41. The molecule has 0 unspecified atom stereocenters. The fourth-order valence-corrected chi connectivity index (χ4v) is 3.98. The van der Waals surface area contributed by atoms with Crippen molar-refractivity contribution in [2.45, 2.75) is 59.0 Å². The molecule has 1 amide bonds. The van der Waals surface area contributed by atoms with E-state index in [-0.39, 0.29) is 11.9 Å². The van der Waals surface area contributed by atoms with Gasteiger partial charge in [-0.1, -0.05) is 37.6 Å². The monoisotopic (exact) mass is 382 g/mol. The zero-order valence-corrected chi connectivity index (χ0v) is 17.3. The number of ketones is 1. The van der Waals surface area contributed by atoms with Crippen LogP contribution < -0.4 is 0 Å². The van der Waals surface area contributed by atoms with Gasteiger partial charge in [-0.3, -0.25) is 4.79 Å². The van der Waals surface area contributed by atoms with E-state index in [1.807, 2.05) is 57.2 Å². The Balaban J connectivity index is 1.79. The molecular formula is C23H30N2O3. The Kier molecular flexibility index (Phi) is 5.73. The third-order valence-electron chi connectivity index (χ3n) is 5.41. The van der Waals surface area contributed by atoms with Crippen molar-refractivity contribution in [2.75, 3.05) is 13.1 Å². The van der Waals surface area contributed by atoms with Gasteiger partial charge < -0.3 is 9.64 Å². The average molecular weight is 383 g/mol. The largest absolute Gasteiger partial charge is 0.444 e. The Morgan fingerprint density at radius 2 is 1.79 bits per heavy atom. The molecule has 0 atom stereocenters. The Morgan fingerprint density at radius 1 is 1.11 bits per heavy atom. The summed E-state index contributed by atoms with van der Waals surface area (Å²) in [6.07, 6.45) is 2.73. The molecule has 0 spiro atoms. The number of rotatable bonds is 4. The van der Waals surface area contributed by atoms with Gasteiger partial charge in [-0.2, -0.15) is 0 Å². The molecule has 1 fully saturated rings. The fraction of sp³-hybridized carbons (Fsp3) is 0.522. The number of likely N-dealkylation sites (tertiary alicyclic amines) is 1. The van der Waals surface area contributed by atoms with Gasteiger partial charge in [0.25, 0.3) is 0 Å². The molecule has 1 aromatic heterocycles. The van der Waals surface area contributed by atoms with Crippen LogP contribution in [0.25, 0.3) is 10.9 Å². The molecule has 1 aliphatic rings. The van der Waals surface area contributed by atoms with Crippen LogP contribution in [-0.2, 0) is 4.74 Å². The minimum atomic E-state index is -0.514. The van der Waals surface area contributed by atoms with E-state index in [1.165, 1.54) is 0 Å². The molecule has 1 aromatic carbocycles. The van der Waals surface area contributed by atoms with Crippen LogP contribution in [0.2, 0.25) is 0 Å². The number of ether oxygens (including phenoxy) is 1. The smallest absolute Gasteiger partial charge is 0.410 e. The van der Waals surface area contributed by atoms with E-state index >= 15 is 0 Å². The Morgan fingerprint density at radius 3 is 2.43 bits per heavy atom. The first-order chi connectivity index (χ1) is 13.2. The molecule has 28 heavy (non-hydrogen) atoms. The zero-order valence-electron chi connectivity index (χ0n) is 17.3. The number of piperidine rings is 1. The van der Waals surface area contributed by atoms with E-state index in [2.05, 4.69) is 11.9 Å². The standard InChI is InChI=1S/C23H30N2O3/c1-5-12-23(13-15-25(16-14-23)21(27)28-22(2,3)4)20(26)19-11-10-17-8-6-7-9-18(17)24-19/h6-11H,5,12-16H2,1-4H3. The normalized spacial score (nSPS) is 16.8. The molecular weight excluding hydrogens is 352 g/mol. The predicted octanol–water partition coefficient (Wildman–Crippen LogP) is 5.23. The molecule has 3 rings (SSSR count). The summed E-state index contributed by atoms with van der Waals surface area (Å²) < 4.78 is 5.49. The quantitative estimate of drug-likeness (QED) is 0.679. The highest BCUT2D eigenvalue weighted by atomic mass is 16.6. The number of carbonyl (C=O) groups is 2. The van der Waals surface area contributed by atoms with E-state index < -0.39 is 11.0 Å². The van der Waals surface area contributed by atoms with Crippen molar-refractivity contribution in [2.24, 2.45) is 5.41 Å². The maximum atomic E-state index is 13.5. The molecule has 150 valence electrons. The predicted molar refractivity (Wildman–Crippen MR) is 110 cm³/mol. The Labute approximate surface area is 167 Å².